The molecule has 1 fully saturated rings. The average Bonchev–Trinajstić information content (AvgIpc) is 2.46. The van der Waals surface area contributed by atoms with Gasteiger partial charge >= 0.3 is 0 Å². The summed E-state index contributed by atoms with van der Waals surface area (Å²) in [5.41, 5.74) is 0. The molecular weight excluding hydrogens is 283 g/mol. The number of ether oxygens (including phenoxy) is 1. The van der Waals surface area contributed by atoms with Crippen LogP contribution < -0.4 is 4.72 Å². The molecule has 7 heteroatoms. The summed E-state index contributed by atoms with van der Waals surface area (Å²) in [6.45, 7) is 5.17. The van der Waals surface area contributed by atoms with Crippen LogP contribution in [0.2, 0.25) is 0 Å². The Morgan fingerprint density at radius 1 is 1.40 bits per heavy atom. The molecule has 1 N–H and O–H groups in total. The fraction of sp³-hybridized carbons (Fsp3) is 0.538. The second kappa shape index (κ2) is 6.62. The maximum Gasteiger partial charge on any atom is 0.240 e. The van der Waals surface area contributed by atoms with Crippen LogP contribution >= 0.6 is 0 Å². The lowest BCUT2D eigenvalue weighted by molar-refractivity contribution is 0.0213. The summed E-state index contributed by atoms with van der Waals surface area (Å²) in [4.78, 5) is 2.11. The molecule has 1 saturated heterocycles. The van der Waals surface area contributed by atoms with E-state index in [9.17, 15) is 12.8 Å². The minimum Gasteiger partial charge on any atom is -0.379 e. The van der Waals surface area contributed by atoms with Crippen LogP contribution in [0, 0.1) is 5.82 Å². The Morgan fingerprint density at radius 3 is 2.75 bits per heavy atom. The summed E-state index contributed by atoms with van der Waals surface area (Å²) >= 11 is 0. The molecule has 2 rings (SSSR count). The Bertz CT molecular complexity index is 544. The van der Waals surface area contributed by atoms with Crippen LogP contribution in [-0.4, -0.2) is 52.2 Å². The minimum absolute atomic E-state index is 0.0494. The molecule has 0 amide bonds. The van der Waals surface area contributed by atoms with Crippen molar-refractivity contribution in [3.05, 3.63) is 30.1 Å². The smallest absolute Gasteiger partial charge is 0.240 e. The van der Waals surface area contributed by atoms with Crippen LogP contribution in [0.4, 0.5) is 4.39 Å². The van der Waals surface area contributed by atoms with Gasteiger partial charge in [0.2, 0.25) is 10.0 Å². The zero-order valence-corrected chi connectivity index (χ0v) is 12.2. The van der Waals surface area contributed by atoms with Crippen molar-refractivity contribution in [2.75, 3.05) is 32.8 Å². The molecule has 112 valence electrons. The SMILES string of the molecule is C[C@@H](CNS(=O)(=O)c1cccc(F)c1)N1CCOCC1. The van der Waals surface area contributed by atoms with Gasteiger partial charge in [-0.2, -0.15) is 0 Å². The molecule has 0 radical (unpaired) electrons. The van der Waals surface area contributed by atoms with E-state index >= 15 is 0 Å². The summed E-state index contributed by atoms with van der Waals surface area (Å²) in [6.07, 6.45) is 0. The van der Waals surface area contributed by atoms with Gasteiger partial charge in [0.05, 0.1) is 18.1 Å². The number of benzene rings is 1. The maximum atomic E-state index is 13.1. The van der Waals surface area contributed by atoms with Gasteiger partial charge in [-0.3, -0.25) is 4.90 Å². The highest BCUT2D eigenvalue weighted by atomic mass is 32.2. The largest absolute Gasteiger partial charge is 0.379 e. The van der Waals surface area contributed by atoms with E-state index in [4.69, 9.17) is 4.74 Å². The quantitative estimate of drug-likeness (QED) is 0.875. The summed E-state index contributed by atoms with van der Waals surface area (Å²) in [5.74, 6) is -0.561. The van der Waals surface area contributed by atoms with Gasteiger partial charge in [0, 0.05) is 25.7 Å². The molecule has 1 heterocycles. The third-order valence-electron chi connectivity index (χ3n) is 3.34. The standard InChI is InChI=1S/C13H19FN2O3S/c1-11(16-5-7-19-8-6-16)10-15-20(17,18)13-4-2-3-12(14)9-13/h2-4,9,11,15H,5-8,10H2,1H3/t11-/m0/s1. The first-order chi connectivity index (χ1) is 9.49. The lowest BCUT2D eigenvalue weighted by Crippen LogP contribution is -2.47. The van der Waals surface area contributed by atoms with E-state index in [2.05, 4.69) is 9.62 Å². The van der Waals surface area contributed by atoms with Crippen LogP contribution in [0.5, 0.6) is 0 Å². The van der Waals surface area contributed by atoms with Gasteiger partial charge in [0.1, 0.15) is 5.82 Å². The molecule has 0 bridgehead atoms. The van der Waals surface area contributed by atoms with Gasteiger partial charge in [0.25, 0.3) is 0 Å². The minimum atomic E-state index is -3.66. The molecule has 0 unspecified atom stereocenters. The van der Waals surface area contributed by atoms with E-state index in [-0.39, 0.29) is 10.9 Å². The monoisotopic (exact) mass is 302 g/mol. The van der Waals surface area contributed by atoms with Crippen molar-refractivity contribution in [1.82, 2.24) is 9.62 Å². The van der Waals surface area contributed by atoms with E-state index in [1.54, 1.807) is 0 Å². The number of nitrogens with zero attached hydrogens (tertiary/aromatic N) is 1. The predicted molar refractivity (Wildman–Crippen MR) is 73.4 cm³/mol. The molecule has 1 aromatic rings. The second-order valence-electron chi connectivity index (χ2n) is 4.81. The molecule has 1 atom stereocenters. The fourth-order valence-electron chi connectivity index (χ4n) is 2.10. The van der Waals surface area contributed by atoms with E-state index in [1.807, 2.05) is 6.92 Å². The first kappa shape index (κ1) is 15.4. The Labute approximate surface area is 118 Å². The molecule has 0 spiro atoms. The van der Waals surface area contributed by atoms with Gasteiger partial charge in [0.15, 0.2) is 0 Å². The summed E-state index contributed by atoms with van der Waals surface area (Å²) in [6, 6.07) is 5.07. The normalized spacial score (nSPS) is 18.9. The first-order valence-corrected chi connectivity index (χ1v) is 8.04. The Hall–Kier alpha value is -1.02. The third-order valence-corrected chi connectivity index (χ3v) is 4.77. The van der Waals surface area contributed by atoms with Gasteiger partial charge in [-0.05, 0) is 25.1 Å². The topological polar surface area (TPSA) is 58.6 Å². The average molecular weight is 302 g/mol. The second-order valence-corrected chi connectivity index (χ2v) is 6.57. The van der Waals surface area contributed by atoms with Crippen LogP contribution in [0.1, 0.15) is 6.92 Å². The van der Waals surface area contributed by atoms with Crippen molar-refractivity contribution in [3.63, 3.8) is 0 Å². The number of sulfonamides is 1. The van der Waals surface area contributed by atoms with Gasteiger partial charge < -0.3 is 4.74 Å². The van der Waals surface area contributed by atoms with Crippen molar-refractivity contribution in [2.24, 2.45) is 0 Å². The summed E-state index contributed by atoms with van der Waals surface area (Å²) in [5, 5.41) is 0. The van der Waals surface area contributed by atoms with E-state index < -0.39 is 15.8 Å². The van der Waals surface area contributed by atoms with E-state index in [0.29, 0.717) is 19.8 Å². The molecule has 20 heavy (non-hydrogen) atoms. The lowest BCUT2D eigenvalue weighted by Gasteiger charge is -2.32. The fourth-order valence-corrected chi connectivity index (χ4v) is 3.25. The van der Waals surface area contributed by atoms with Crippen LogP contribution in [0.3, 0.4) is 0 Å². The molecule has 0 saturated carbocycles. The Morgan fingerprint density at radius 2 is 2.10 bits per heavy atom. The maximum absolute atomic E-state index is 13.1. The molecule has 1 aliphatic rings. The molecule has 0 aromatic heterocycles. The highest BCUT2D eigenvalue weighted by molar-refractivity contribution is 7.89. The molecule has 1 aliphatic heterocycles. The van der Waals surface area contributed by atoms with E-state index in [0.717, 1.165) is 19.2 Å². The molecule has 0 aliphatic carbocycles. The molecule has 5 nitrogen and oxygen atoms in total. The van der Waals surface area contributed by atoms with Crippen molar-refractivity contribution in [3.8, 4) is 0 Å². The Balaban J connectivity index is 1.95. The van der Waals surface area contributed by atoms with Gasteiger partial charge in [-0.15, -0.1) is 0 Å². The predicted octanol–water partition coefficient (Wildman–Crippen LogP) is 0.825. The highest BCUT2D eigenvalue weighted by Crippen LogP contribution is 2.11. The van der Waals surface area contributed by atoms with Crippen LogP contribution in [0.25, 0.3) is 0 Å². The van der Waals surface area contributed by atoms with Crippen molar-refractivity contribution >= 4 is 10.0 Å². The number of hydrogen-bond donors (Lipinski definition) is 1. The zero-order chi connectivity index (χ0) is 14.6. The molecule has 1 aromatic carbocycles. The van der Waals surface area contributed by atoms with Crippen molar-refractivity contribution < 1.29 is 17.5 Å². The molecular formula is C13H19FN2O3S. The third kappa shape index (κ3) is 3.99. The first-order valence-electron chi connectivity index (χ1n) is 6.56. The number of morpholine rings is 1. The zero-order valence-electron chi connectivity index (χ0n) is 11.4. The lowest BCUT2D eigenvalue weighted by atomic mass is 10.2. The number of rotatable bonds is 5. The van der Waals surface area contributed by atoms with Crippen LogP contribution in [-0.2, 0) is 14.8 Å². The van der Waals surface area contributed by atoms with Gasteiger partial charge in [-0.1, -0.05) is 6.07 Å². The highest BCUT2D eigenvalue weighted by Gasteiger charge is 2.20. The van der Waals surface area contributed by atoms with Crippen molar-refractivity contribution in [2.45, 2.75) is 17.9 Å². The number of hydrogen-bond acceptors (Lipinski definition) is 4. The summed E-state index contributed by atoms with van der Waals surface area (Å²) in [7, 11) is -3.66. The number of nitrogens with one attached hydrogen (secondary N) is 1. The van der Waals surface area contributed by atoms with Crippen molar-refractivity contribution in [1.29, 1.82) is 0 Å². The number of halogens is 1. The van der Waals surface area contributed by atoms with Gasteiger partial charge in [-0.25, -0.2) is 17.5 Å². The van der Waals surface area contributed by atoms with E-state index in [1.165, 1.54) is 18.2 Å². The van der Waals surface area contributed by atoms with Crippen LogP contribution in [0.15, 0.2) is 29.2 Å². The Kier molecular flexibility index (Phi) is 5.09. The summed E-state index contributed by atoms with van der Waals surface area (Å²) < 4.78 is 45.0.